The molecule has 2 aromatic rings. The molecule has 0 aliphatic carbocycles. The SMILES string of the molecule is CCCOc1ccc(C(=O)NNS(=O)(=O)c2c(C)c(C)cc(C)c2C)cc1OC. The number of sulfonamides is 1. The number of hydrazine groups is 1. The Hall–Kier alpha value is -2.58. The second kappa shape index (κ2) is 9.28. The Balaban J connectivity index is 2.23. The third kappa shape index (κ3) is 5.07. The minimum atomic E-state index is -3.94. The molecule has 0 atom stereocenters. The maximum Gasteiger partial charge on any atom is 0.266 e. The summed E-state index contributed by atoms with van der Waals surface area (Å²) < 4.78 is 36.5. The molecular weight excluding hydrogens is 392 g/mol. The second-order valence-corrected chi connectivity index (χ2v) is 8.48. The molecule has 2 rings (SSSR count). The van der Waals surface area contributed by atoms with Gasteiger partial charge in [0.25, 0.3) is 15.9 Å². The van der Waals surface area contributed by atoms with Gasteiger partial charge < -0.3 is 9.47 Å². The molecule has 0 aliphatic heterocycles. The fraction of sp³-hybridized carbons (Fsp3) is 0.381. The zero-order chi connectivity index (χ0) is 21.8. The molecule has 29 heavy (non-hydrogen) atoms. The molecule has 2 N–H and O–H groups in total. The highest BCUT2D eigenvalue weighted by Gasteiger charge is 2.23. The predicted octanol–water partition coefficient (Wildman–Crippen LogP) is 3.34. The summed E-state index contributed by atoms with van der Waals surface area (Å²) in [5.74, 6) is 0.316. The van der Waals surface area contributed by atoms with Crippen molar-refractivity contribution >= 4 is 15.9 Å². The number of carbonyl (C=O) groups is 1. The summed E-state index contributed by atoms with van der Waals surface area (Å²) in [6.07, 6.45) is 0.838. The highest BCUT2D eigenvalue weighted by molar-refractivity contribution is 7.89. The van der Waals surface area contributed by atoms with Gasteiger partial charge in [-0.1, -0.05) is 13.0 Å². The number of amides is 1. The van der Waals surface area contributed by atoms with E-state index in [0.717, 1.165) is 17.5 Å². The first-order chi connectivity index (χ1) is 13.6. The molecule has 8 heteroatoms. The molecule has 1 amide bonds. The van der Waals surface area contributed by atoms with Crippen LogP contribution in [0.5, 0.6) is 11.5 Å². The van der Waals surface area contributed by atoms with Crippen LogP contribution in [0.4, 0.5) is 0 Å². The van der Waals surface area contributed by atoms with E-state index in [1.165, 1.54) is 13.2 Å². The summed E-state index contributed by atoms with van der Waals surface area (Å²) >= 11 is 0. The molecule has 0 spiro atoms. The Kier molecular flexibility index (Phi) is 7.26. The lowest BCUT2D eigenvalue weighted by Gasteiger charge is -2.17. The van der Waals surface area contributed by atoms with Crippen molar-refractivity contribution in [1.29, 1.82) is 0 Å². The van der Waals surface area contributed by atoms with Crippen molar-refractivity contribution in [2.75, 3.05) is 13.7 Å². The maximum absolute atomic E-state index is 12.8. The Morgan fingerprint density at radius 2 is 1.62 bits per heavy atom. The van der Waals surface area contributed by atoms with Crippen LogP contribution in [-0.2, 0) is 10.0 Å². The Bertz CT molecular complexity index is 990. The van der Waals surface area contributed by atoms with Crippen LogP contribution in [0.2, 0.25) is 0 Å². The van der Waals surface area contributed by atoms with Crippen LogP contribution in [0.1, 0.15) is 46.0 Å². The van der Waals surface area contributed by atoms with Crippen LogP contribution in [-0.4, -0.2) is 28.0 Å². The van der Waals surface area contributed by atoms with Crippen LogP contribution in [0.3, 0.4) is 0 Å². The molecule has 158 valence electrons. The number of methoxy groups -OCH3 is 1. The number of ether oxygens (including phenoxy) is 2. The largest absolute Gasteiger partial charge is 0.493 e. The van der Waals surface area contributed by atoms with Gasteiger partial charge >= 0.3 is 0 Å². The van der Waals surface area contributed by atoms with Crippen LogP contribution < -0.4 is 19.7 Å². The van der Waals surface area contributed by atoms with Crippen molar-refractivity contribution in [3.63, 3.8) is 0 Å². The minimum absolute atomic E-state index is 0.177. The Morgan fingerprint density at radius 1 is 1.00 bits per heavy atom. The molecule has 0 saturated heterocycles. The summed E-state index contributed by atoms with van der Waals surface area (Å²) in [4.78, 5) is 14.9. The number of hydrogen-bond acceptors (Lipinski definition) is 5. The number of nitrogens with one attached hydrogen (secondary N) is 2. The summed E-state index contributed by atoms with van der Waals surface area (Å²) in [5, 5.41) is 0. The average molecular weight is 421 g/mol. The standard InChI is InChI=1S/C21H28N2O5S/c1-7-10-28-18-9-8-17(12-19(18)27-6)21(24)22-23-29(25,26)20-15(4)13(2)11-14(3)16(20)5/h8-9,11-12,23H,7,10H2,1-6H3,(H,22,24). The number of rotatable bonds is 8. The van der Waals surface area contributed by atoms with Crippen LogP contribution in [0, 0.1) is 27.7 Å². The monoisotopic (exact) mass is 420 g/mol. The third-order valence-corrected chi connectivity index (χ3v) is 6.27. The fourth-order valence-corrected chi connectivity index (χ4v) is 4.42. The van der Waals surface area contributed by atoms with Gasteiger partial charge in [-0.15, -0.1) is 4.83 Å². The minimum Gasteiger partial charge on any atom is -0.493 e. The van der Waals surface area contributed by atoms with Gasteiger partial charge in [0.2, 0.25) is 0 Å². The maximum atomic E-state index is 12.8. The van der Waals surface area contributed by atoms with Gasteiger partial charge in [0.15, 0.2) is 11.5 Å². The molecule has 0 fully saturated rings. The molecular formula is C21H28N2O5S. The van der Waals surface area contributed by atoms with E-state index in [-0.39, 0.29) is 10.5 Å². The summed E-state index contributed by atoms with van der Waals surface area (Å²) in [6.45, 7) is 9.72. The van der Waals surface area contributed by atoms with Crippen molar-refractivity contribution in [3.05, 3.63) is 52.1 Å². The average Bonchev–Trinajstić information content (AvgIpc) is 2.68. The van der Waals surface area contributed by atoms with Crippen molar-refractivity contribution in [2.24, 2.45) is 0 Å². The molecule has 0 unspecified atom stereocenters. The van der Waals surface area contributed by atoms with E-state index in [1.54, 1.807) is 26.0 Å². The van der Waals surface area contributed by atoms with E-state index < -0.39 is 15.9 Å². The molecule has 2 aromatic carbocycles. The summed E-state index contributed by atoms with van der Waals surface area (Å²) in [6, 6.07) is 6.61. The molecule has 0 bridgehead atoms. The van der Waals surface area contributed by atoms with Crippen molar-refractivity contribution < 1.29 is 22.7 Å². The van der Waals surface area contributed by atoms with Crippen LogP contribution in [0.15, 0.2) is 29.2 Å². The van der Waals surface area contributed by atoms with Gasteiger partial charge in [0.1, 0.15) is 0 Å². The van der Waals surface area contributed by atoms with E-state index in [1.807, 2.05) is 26.8 Å². The first-order valence-electron chi connectivity index (χ1n) is 9.32. The van der Waals surface area contributed by atoms with E-state index in [9.17, 15) is 13.2 Å². The summed E-state index contributed by atoms with van der Waals surface area (Å²) in [7, 11) is -2.47. The number of benzene rings is 2. The second-order valence-electron chi connectivity index (χ2n) is 6.86. The Morgan fingerprint density at radius 3 is 2.17 bits per heavy atom. The highest BCUT2D eigenvalue weighted by atomic mass is 32.2. The summed E-state index contributed by atoms with van der Waals surface area (Å²) in [5.41, 5.74) is 5.54. The lowest BCUT2D eigenvalue weighted by Crippen LogP contribution is -2.42. The van der Waals surface area contributed by atoms with Crippen molar-refractivity contribution in [2.45, 2.75) is 45.9 Å². The van der Waals surface area contributed by atoms with E-state index in [4.69, 9.17) is 9.47 Å². The molecule has 0 radical (unpaired) electrons. The third-order valence-electron chi connectivity index (χ3n) is 4.75. The van der Waals surface area contributed by atoms with Crippen molar-refractivity contribution in [1.82, 2.24) is 10.3 Å². The highest BCUT2D eigenvalue weighted by Crippen LogP contribution is 2.28. The van der Waals surface area contributed by atoms with Crippen LogP contribution in [0.25, 0.3) is 0 Å². The van der Waals surface area contributed by atoms with E-state index in [0.29, 0.717) is 29.2 Å². The smallest absolute Gasteiger partial charge is 0.266 e. The van der Waals surface area contributed by atoms with E-state index >= 15 is 0 Å². The van der Waals surface area contributed by atoms with Gasteiger partial charge in [-0.3, -0.25) is 10.2 Å². The van der Waals surface area contributed by atoms with E-state index in [2.05, 4.69) is 10.3 Å². The molecule has 0 aromatic heterocycles. The lowest BCUT2D eigenvalue weighted by atomic mass is 10.0. The van der Waals surface area contributed by atoms with Gasteiger partial charge in [-0.25, -0.2) is 8.42 Å². The number of hydrogen-bond donors (Lipinski definition) is 2. The lowest BCUT2D eigenvalue weighted by molar-refractivity contribution is 0.0944. The molecule has 0 heterocycles. The number of aryl methyl sites for hydroxylation is 2. The quantitative estimate of drug-likeness (QED) is 0.639. The predicted molar refractivity (Wildman–Crippen MR) is 112 cm³/mol. The van der Waals surface area contributed by atoms with Gasteiger partial charge in [-0.05, 0) is 74.6 Å². The normalized spacial score (nSPS) is 11.2. The molecule has 0 saturated carbocycles. The van der Waals surface area contributed by atoms with Gasteiger partial charge in [0, 0.05) is 5.56 Å². The zero-order valence-electron chi connectivity index (χ0n) is 17.7. The van der Waals surface area contributed by atoms with Gasteiger partial charge in [0.05, 0.1) is 18.6 Å². The molecule has 0 aliphatic rings. The fourth-order valence-electron chi connectivity index (χ4n) is 2.96. The molecule has 7 nitrogen and oxygen atoms in total. The first-order valence-corrected chi connectivity index (χ1v) is 10.8. The van der Waals surface area contributed by atoms with Crippen LogP contribution >= 0.6 is 0 Å². The first kappa shape index (κ1) is 22.7. The van der Waals surface area contributed by atoms with Gasteiger partial charge in [-0.2, -0.15) is 0 Å². The zero-order valence-corrected chi connectivity index (χ0v) is 18.5. The van der Waals surface area contributed by atoms with Crippen molar-refractivity contribution in [3.8, 4) is 11.5 Å². The Labute approximate surface area is 172 Å². The topological polar surface area (TPSA) is 93.7 Å². The number of carbonyl (C=O) groups excluding carboxylic acids is 1.